The third-order valence-corrected chi connectivity index (χ3v) is 5.41. The van der Waals surface area contributed by atoms with Gasteiger partial charge in [0.15, 0.2) is 0 Å². The molecule has 2 aromatic carbocycles. The molecular weight excluding hydrogens is 382 g/mol. The minimum Gasteiger partial charge on any atom is -0.444 e. The second kappa shape index (κ2) is 8.84. The smallest absolute Gasteiger partial charge is 0.226 e. The summed E-state index contributed by atoms with van der Waals surface area (Å²) in [6.45, 7) is 2.61. The number of benzene rings is 2. The van der Waals surface area contributed by atoms with E-state index in [1.54, 1.807) is 11.3 Å². The Kier molecular flexibility index (Phi) is 5.81. The summed E-state index contributed by atoms with van der Waals surface area (Å²) >= 11 is 1.62. The average molecular weight is 404 g/mol. The van der Waals surface area contributed by atoms with Gasteiger partial charge in [-0.1, -0.05) is 48.0 Å². The summed E-state index contributed by atoms with van der Waals surface area (Å²) in [6, 6.07) is 18.0. The first-order valence-corrected chi connectivity index (χ1v) is 10.3. The topological polar surface area (TPSA) is 68.0 Å². The molecule has 4 aromatic rings. The highest BCUT2D eigenvalue weighted by molar-refractivity contribution is 7.13. The molecule has 4 rings (SSSR count). The molecule has 0 radical (unpaired) electrons. The molecule has 0 bridgehead atoms. The lowest BCUT2D eigenvalue weighted by Crippen LogP contribution is -2.27. The highest BCUT2D eigenvalue weighted by atomic mass is 32.1. The van der Waals surface area contributed by atoms with Crippen LogP contribution in [0.5, 0.6) is 0 Å². The van der Waals surface area contributed by atoms with Crippen LogP contribution in [0.4, 0.5) is 0 Å². The first-order valence-electron chi connectivity index (χ1n) is 9.45. The van der Waals surface area contributed by atoms with E-state index in [-0.39, 0.29) is 12.3 Å². The van der Waals surface area contributed by atoms with Gasteiger partial charge in [-0.2, -0.15) is 0 Å². The van der Waals surface area contributed by atoms with Crippen LogP contribution in [0.15, 0.2) is 70.7 Å². The predicted molar refractivity (Wildman–Crippen MR) is 115 cm³/mol. The molecule has 0 spiro atoms. The predicted octanol–water partition coefficient (Wildman–Crippen LogP) is 4.67. The Balaban J connectivity index is 1.26. The molecule has 2 heterocycles. The molecule has 0 aliphatic rings. The fraction of sp³-hybridized carbons (Fsp3) is 0.174. The Morgan fingerprint density at radius 3 is 2.59 bits per heavy atom. The quantitative estimate of drug-likeness (QED) is 0.487. The zero-order valence-electron chi connectivity index (χ0n) is 16.1. The number of oxazole rings is 1. The van der Waals surface area contributed by atoms with Crippen molar-refractivity contribution in [3.05, 3.63) is 83.2 Å². The molecule has 2 aromatic heterocycles. The Bertz CT molecular complexity index is 1080. The van der Waals surface area contributed by atoms with Crippen molar-refractivity contribution >= 4 is 17.2 Å². The minimum atomic E-state index is -0.0769. The fourth-order valence-corrected chi connectivity index (χ4v) is 3.77. The molecule has 146 valence electrons. The summed E-state index contributed by atoms with van der Waals surface area (Å²) in [6.07, 6.45) is 2.43. The number of hydrogen-bond acceptors (Lipinski definition) is 5. The standard InChI is InChI=1S/C23H21N3O2S/c1-16-7-9-18(10-8-16)23-26-19(15-29-23)11-12-24-21(27)13-20-14-28-22(25-20)17-5-3-2-4-6-17/h2-10,14-15H,11-13H2,1H3,(H,24,27). The third kappa shape index (κ3) is 4.97. The van der Waals surface area contributed by atoms with Crippen LogP contribution in [0.2, 0.25) is 0 Å². The number of aromatic nitrogens is 2. The normalized spacial score (nSPS) is 10.8. The average Bonchev–Trinajstić information content (AvgIpc) is 3.39. The molecular formula is C23H21N3O2S. The van der Waals surface area contributed by atoms with E-state index in [1.807, 2.05) is 35.7 Å². The number of nitrogens with zero attached hydrogens (tertiary/aromatic N) is 2. The van der Waals surface area contributed by atoms with Crippen molar-refractivity contribution in [2.75, 3.05) is 6.54 Å². The minimum absolute atomic E-state index is 0.0769. The van der Waals surface area contributed by atoms with Crippen molar-refractivity contribution in [3.8, 4) is 22.0 Å². The van der Waals surface area contributed by atoms with E-state index in [0.717, 1.165) is 21.8 Å². The lowest BCUT2D eigenvalue weighted by molar-refractivity contribution is -0.120. The molecule has 5 nitrogen and oxygen atoms in total. The maximum atomic E-state index is 12.2. The van der Waals surface area contributed by atoms with Crippen LogP contribution in [0, 0.1) is 6.92 Å². The van der Waals surface area contributed by atoms with Gasteiger partial charge in [-0.15, -0.1) is 11.3 Å². The van der Waals surface area contributed by atoms with Crippen molar-refractivity contribution in [2.24, 2.45) is 0 Å². The fourth-order valence-electron chi connectivity index (χ4n) is 2.91. The van der Waals surface area contributed by atoms with Gasteiger partial charge >= 0.3 is 0 Å². The van der Waals surface area contributed by atoms with Crippen LogP contribution >= 0.6 is 11.3 Å². The zero-order valence-corrected chi connectivity index (χ0v) is 16.9. The monoisotopic (exact) mass is 403 g/mol. The van der Waals surface area contributed by atoms with Crippen LogP contribution in [0.3, 0.4) is 0 Å². The number of nitrogens with one attached hydrogen (secondary N) is 1. The first kappa shape index (κ1) is 19.1. The van der Waals surface area contributed by atoms with E-state index in [0.29, 0.717) is 24.6 Å². The van der Waals surface area contributed by atoms with Crippen LogP contribution in [0.1, 0.15) is 17.0 Å². The summed E-state index contributed by atoms with van der Waals surface area (Å²) in [7, 11) is 0. The van der Waals surface area contributed by atoms with E-state index in [9.17, 15) is 4.79 Å². The van der Waals surface area contributed by atoms with Crippen LogP contribution in [-0.2, 0) is 17.6 Å². The largest absolute Gasteiger partial charge is 0.444 e. The number of amides is 1. The number of thiazole rings is 1. The molecule has 0 fully saturated rings. The highest BCUT2D eigenvalue weighted by Gasteiger charge is 2.11. The molecule has 6 heteroatoms. The van der Waals surface area contributed by atoms with Gasteiger partial charge in [0.2, 0.25) is 11.8 Å². The lowest BCUT2D eigenvalue weighted by Gasteiger charge is -2.02. The van der Waals surface area contributed by atoms with Gasteiger partial charge in [0.05, 0.1) is 17.8 Å². The van der Waals surface area contributed by atoms with Crippen LogP contribution in [0.25, 0.3) is 22.0 Å². The SMILES string of the molecule is Cc1ccc(-c2nc(CCNC(=O)Cc3coc(-c4ccccc4)n3)cs2)cc1. The van der Waals surface area contributed by atoms with Crippen molar-refractivity contribution in [3.63, 3.8) is 0 Å². The van der Waals surface area contributed by atoms with Gasteiger partial charge < -0.3 is 9.73 Å². The first-order chi connectivity index (χ1) is 14.2. The molecule has 1 N–H and O–H groups in total. The Hall–Kier alpha value is -3.25. The number of rotatable bonds is 7. The van der Waals surface area contributed by atoms with Crippen molar-refractivity contribution in [1.82, 2.24) is 15.3 Å². The summed E-state index contributed by atoms with van der Waals surface area (Å²) in [4.78, 5) is 21.3. The number of carbonyl (C=O) groups is 1. The number of carbonyl (C=O) groups excluding carboxylic acids is 1. The molecule has 1 amide bonds. The van der Waals surface area contributed by atoms with Crippen molar-refractivity contribution < 1.29 is 9.21 Å². The van der Waals surface area contributed by atoms with Gasteiger partial charge in [-0.05, 0) is 19.1 Å². The third-order valence-electron chi connectivity index (χ3n) is 4.47. The molecule has 0 aliphatic heterocycles. The second-order valence-electron chi connectivity index (χ2n) is 6.80. The summed E-state index contributed by atoms with van der Waals surface area (Å²) in [5, 5.41) is 5.98. The van der Waals surface area contributed by atoms with Gasteiger partial charge in [-0.25, -0.2) is 9.97 Å². The Morgan fingerprint density at radius 2 is 1.79 bits per heavy atom. The van der Waals surface area contributed by atoms with Crippen molar-refractivity contribution in [2.45, 2.75) is 19.8 Å². The van der Waals surface area contributed by atoms with Crippen molar-refractivity contribution in [1.29, 1.82) is 0 Å². The van der Waals surface area contributed by atoms with E-state index < -0.39 is 0 Å². The molecule has 0 aliphatic carbocycles. The maximum absolute atomic E-state index is 12.2. The van der Waals surface area contributed by atoms with Gasteiger partial charge in [-0.3, -0.25) is 4.79 Å². The zero-order chi connectivity index (χ0) is 20.1. The van der Waals surface area contributed by atoms with Crippen LogP contribution in [-0.4, -0.2) is 22.4 Å². The highest BCUT2D eigenvalue weighted by Crippen LogP contribution is 2.24. The second-order valence-corrected chi connectivity index (χ2v) is 7.65. The summed E-state index contributed by atoms with van der Waals surface area (Å²) < 4.78 is 5.48. The van der Waals surface area contributed by atoms with E-state index in [1.165, 1.54) is 11.8 Å². The van der Waals surface area contributed by atoms with E-state index in [2.05, 4.69) is 46.5 Å². The van der Waals surface area contributed by atoms with Gasteiger partial charge in [0.25, 0.3) is 0 Å². The molecule has 0 saturated carbocycles. The maximum Gasteiger partial charge on any atom is 0.226 e. The molecule has 0 unspecified atom stereocenters. The number of aryl methyl sites for hydroxylation is 1. The molecule has 0 atom stereocenters. The Labute approximate surface area is 173 Å². The molecule has 29 heavy (non-hydrogen) atoms. The summed E-state index contributed by atoms with van der Waals surface area (Å²) in [5.74, 6) is 0.450. The van der Waals surface area contributed by atoms with E-state index >= 15 is 0 Å². The van der Waals surface area contributed by atoms with E-state index in [4.69, 9.17) is 4.42 Å². The Morgan fingerprint density at radius 1 is 1.00 bits per heavy atom. The summed E-state index contributed by atoms with van der Waals surface area (Å²) in [5.41, 5.74) is 4.86. The van der Waals surface area contributed by atoms with Gasteiger partial charge in [0.1, 0.15) is 11.3 Å². The molecule has 0 saturated heterocycles. The number of hydrogen-bond donors (Lipinski definition) is 1. The van der Waals surface area contributed by atoms with Crippen LogP contribution < -0.4 is 5.32 Å². The lowest BCUT2D eigenvalue weighted by atomic mass is 10.2. The van der Waals surface area contributed by atoms with Gasteiger partial charge in [0, 0.05) is 29.5 Å².